The van der Waals surface area contributed by atoms with Crippen LogP contribution >= 0.6 is 39.5 Å². The molecule has 0 saturated carbocycles. The van der Waals surface area contributed by atoms with Gasteiger partial charge in [-0.25, -0.2) is 0 Å². The normalized spacial score (nSPS) is 12.6. The summed E-state index contributed by atoms with van der Waals surface area (Å²) in [6.45, 7) is 2.69. The summed E-state index contributed by atoms with van der Waals surface area (Å²) in [7, 11) is 0. The molecule has 2 aromatic heterocycles. The molecular weight excluding hydrogens is 544 g/mol. The van der Waals surface area contributed by atoms with E-state index < -0.39 is 0 Å². The van der Waals surface area contributed by atoms with Crippen LogP contribution in [-0.4, -0.2) is 26.4 Å². The van der Waals surface area contributed by atoms with E-state index in [1.807, 2.05) is 77.1 Å². The Morgan fingerprint density at radius 3 is 2.43 bits per heavy atom. The van der Waals surface area contributed by atoms with Gasteiger partial charge in [-0.3, -0.25) is 14.3 Å². The van der Waals surface area contributed by atoms with Gasteiger partial charge in [0.25, 0.3) is 0 Å². The van der Waals surface area contributed by atoms with E-state index in [4.69, 9.17) is 4.42 Å². The lowest BCUT2D eigenvalue weighted by Gasteiger charge is -2.30. The predicted octanol–water partition coefficient (Wildman–Crippen LogP) is 7.40. The van der Waals surface area contributed by atoms with Crippen LogP contribution in [0.25, 0.3) is 22.6 Å². The molecule has 6 nitrogen and oxygen atoms in total. The second-order valence-electron chi connectivity index (χ2n) is 7.90. The molecule has 0 atom stereocenters. The predicted molar refractivity (Wildman–Crippen MR) is 143 cm³/mol. The van der Waals surface area contributed by atoms with Crippen LogP contribution in [0.5, 0.6) is 0 Å². The van der Waals surface area contributed by atoms with Gasteiger partial charge in [0.2, 0.25) is 11.7 Å². The number of hydrogen-bond donors (Lipinski definition) is 0. The molecule has 35 heavy (non-hydrogen) atoms. The van der Waals surface area contributed by atoms with Crippen LogP contribution in [0.2, 0.25) is 0 Å². The van der Waals surface area contributed by atoms with Gasteiger partial charge in [-0.2, -0.15) is 0 Å². The highest BCUT2D eigenvalue weighted by atomic mass is 79.9. The van der Waals surface area contributed by atoms with Crippen molar-refractivity contribution in [3.05, 3.63) is 77.3 Å². The number of amides is 1. The smallest absolute Gasteiger partial charge is 0.242 e. The average molecular weight is 564 g/mol. The lowest BCUT2D eigenvalue weighted by Crippen LogP contribution is -2.30. The van der Waals surface area contributed by atoms with Crippen molar-refractivity contribution in [1.29, 1.82) is 0 Å². The maximum absolute atomic E-state index is 13.5. The number of anilines is 2. The van der Waals surface area contributed by atoms with Gasteiger partial charge in [-0.1, -0.05) is 63.7 Å². The Morgan fingerprint density at radius 2 is 1.71 bits per heavy atom. The van der Waals surface area contributed by atoms with Crippen LogP contribution < -0.4 is 4.90 Å². The highest BCUT2D eigenvalue weighted by Crippen LogP contribution is 2.48. The first-order valence-electron chi connectivity index (χ1n) is 11.1. The van der Waals surface area contributed by atoms with Gasteiger partial charge in [0.05, 0.1) is 17.1 Å². The molecule has 0 unspecified atom stereocenters. The fourth-order valence-corrected chi connectivity index (χ4v) is 6.44. The van der Waals surface area contributed by atoms with Crippen molar-refractivity contribution >= 4 is 67.7 Å². The van der Waals surface area contributed by atoms with Crippen molar-refractivity contribution in [2.24, 2.45) is 0 Å². The average Bonchev–Trinajstić information content (AvgIpc) is 3.48. The van der Waals surface area contributed by atoms with Crippen molar-refractivity contribution < 1.29 is 9.21 Å². The van der Waals surface area contributed by atoms with Crippen LogP contribution in [0.15, 0.2) is 96.6 Å². The Kier molecular flexibility index (Phi) is 5.91. The molecule has 3 aromatic carbocycles. The lowest BCUT2D eigenvalue weighted by atomic mass is 10.2. The fourth-order valence-electron chi connectivity index (χ4n) is 4.15. The molecule has 0 radical (unpaired) electrons. The maximum Gasteiger partial charge on any atom is 0.242 e. The molecule has 0 spiro atoms. The number of furan rings is 1. The van der Waals surface area contributed by atoms with Crippen LogP contribution in [-0.2, 0) is 11.3 Å². The van der Waals surface area contributed by atoms with E-state index in [0.717, 1.165) is 36.6 Å². The van der Waals surface area contributed by atoms with Gasteiger partial charge in [-0.05, 0) is 55.5 Å². The highest BCUT2D eigenvalue weighted by molar-refractivity contribution is 9.10. The molecule has 6 rings (SSSR count). The number of benzene rings is 3. The molecule has 1 aliphatic rings. The first-order valence-corrected chi connectivity index (χ1v) is 13.7. The molecule has 0 aliphatic carbocycles. The first-order chi connectivity index (χ1) is 17.1. The lowest BCUT2D eigenvalue weighted by molar-refractivity contribution is -0.115. The summed E-state index contributed by atoms with van der Waals surface area (Å²) in [4.78, 5) is 17.5. The third kappa shape index (κ3) is 4.07. The number of carbonyl (C=O) groups is 1. The molecule has 5 aromatic rings. The van der Waals surface area contributed by atoms with Gasteiger partial charge in [-0.15, -0.1) is 10.2 Å². The summed E-state index contributed by atoms with van der Waals surface area (Å²) < 4.78 is 9.01. The number of aromatic nitrogens is 3. The summed E-state index contributed by atoms with van der Waals surface area (Å²) in [6.07, 6.45) is 0. The summed E-state index contributed by atoms with van der Waals surface area (Å²) in [5.41, 5.74) is 2.61. The zero-order chi connectivity index (χ0) is 23.9. The number of halogens is 1. The Balaban J connectivity index is 1.28. The molecule has 174 valence electrons. The van der Waals surface area contributed by atoms with E-state index in [9.17, 15) is 4.79 Å². The van der Waals surface area contributed by atoms with Crippen molar-refractivity contribution in [3.63, 3.8) is 0 Å². The molecule has 1 amide bonds. The van der Waals surface area contributed by atoms with E-state index in [-0.39, 0.29) is 11.7 Å². The number of para-hydroxylation sites is 2. The number of nitrogens with zero attached hydrogens (tertiary/aromatic N) is 4. The van der Waals surface area contributed by atoms with E-state index in [0.29, 0.717) is 23.3 Å². The SMILES string of the molecule is CCn1c(SCC(=O)N2c3ccccc3Sc3ccccc32)nnc1-c1cc2cc(Br)ccc2o1. The third-order valence-corrected chi connectivity index (χ3v) is 8.31. The minimum atomic E-state index is -0.00371. The standard InChI is InChI=1S/C26H19BrN4O2S2/c1-2-30-25(21-14-16-13-17(27)11-12-20(16)33-21)28-29-26(30)34-15-24(32)31-18-7-3-5-9-22(18)35-23-10-6-4-8-19(23)31/h3-14H,2,15H2,1H3. The first kappa shape index (κ1) is 22.5. The Hall–Kier alpha value is -3.01. The maximum atomic E-state index is 13.5. The zero-order valence-corrected chi connectivity index (χ0v) is 21.9. The van der Waals surface area contributed by atoms with Gasteiger partial charge in [0.15, 0.2) is 10.9 Å². The molecule has 3 heterocycles. The molecular formula is C26H19BrN4O2S2. The van der Waals surface area contributed by atoms with E-state index in [2.05, 4.69) is 38.3 Å². The summed E-state index contributed by atoms with van der Waals surface area (Å²) in [5.74, 6) is 1.54. The second-order valence-corrected chi connectivity index (χ2v) is 10.8. The molecule has 0 bridgehead atoms. The number of hydrogen-bond acceptors (Lipinski definition) is 6. The van der Waals surface area contributed by atoms with Gasteiger partial charge in [0.1, 0.15) is 5.58 Å². The third-order valence-electron chi connectivity index (χ3n) is 5.74. The largest absolute Gasteiger partial charge is 0.453 e. The van der Waals surface area contributed by atoms with Crippen molar-refractivity contribution in [3.8, 4) is 11.6 Å². The van der Waals surface area contributed by atoms with Crippen LogP contribution in [0.3, 0.4) is 0 Å². The molecule has 0 saturated heterocycles. The number of carbonyl (C=O) groups excluding carboxylic acids is 1. The Morgan fingerprint density at radius 1 is 1.00 bits per heavy atom. The summed E-state index contributed by atoms with van der Waals surface area (Å²) in [5, 5.41) is 10.5. The number of rotatable bonds is 5. The quantitative estimate of drug-likeness (QED) is 0.208. The zero-order valence-electron chi connectivity index (χ0n) is 18.6. The Labute approximate surface area is 218 Å². The van der Waals surface area contributed by atoms with Crippen LogP contribution in [0.1, 0.15) is 6.92 Å². The topological polar surface area (TPSA) is 64.2 Å². The fraction of sp³-hybridized carbons (Fsp3) is 0.115. The monoisotopic (exact) mass is 562 g/mol. The van der Waals surface area contributed by atoms with Crippen molar-refractivity contribution in [1.82, 2.24) is 14.8 Å². The molecule has 9 heteroatoms. The minimum absolute atomic E-state index is 0.00371. The van der Waals surface area contributed by atoms with Crippen molar-refractivity contribution in [2.45, 2.75) is 28.4 Å². The number of thioether (sulfide) groups is 1. The highest BCUT2D eigenvalue weighted by Gasteiger charge is 2.28. The van der Waals surface area contributed by atoms with Gasteiger partial charge in [0, 0.05) is 26.2 Å². The molecule has 0 fully saturated rings. The van der Waals surface area contributed by atoms with E-state index in [1.165, 1.54) is 11.8 Å². The Bertz CT molecular complexity index is 1530. The summed E-state index contributed by atoms with van der Waals surface area (Å²) >= 11 is 6.58. The second kappa shape index (κ2) is 9.22. The van der Waals surface area contributed by atoms with E-state index in [1.54, 1.807) is 11.8 Å². The molecule has 1 aliphatic heterocycles. The van der Waals surface area contributed by atoms with Crippen LogP contribution in [0, 0.1) is 0 Å². The molecule has 0 N–H and O–H groups in total. The summed E-state index contributed by atoms with van der Waals surface area (Å²) in [6, 6.07) is 23.9. The van der Waals surface area contributed by atoms with Crippen molar-refractivity contribution in [2.75, 3.05) is 10.7 Å². The van der Waals surface area contributed by atoms with Crippen LogP contribution in [0.4, 0.5) is 11.4 Å². The van der Waals surface area contributed by atoms with Gasteiger partial charge >= 0.3 is 0 Å². The number of fused-ring (bicyclic) bond motifs is 3. The minimum Gasteiger partial charge on any atom is -0.453 e. The van der Waals surface area contributed by atoms with E-state index >= 15 is 0 Å². The van der Waals surface area contributed by atoms with Gasteiger partial charge < -0.3 is 4.42 Å².